The van der Waals surface area contributed by atoms with Gasteiger partial charge >= 0.3 is 5.97 Å². The van der Waals surface area contributed by atoms with Gasteiger partial charge in [0.25, 0.3) is 5.91 Å². The average molecular weight is 389 g/mol. The van der Waals surface area contributed by atoms with Gasteiger partial charge in [-0.25, -0.2) is 4.79 Å². The summed E-state index contributed by atoms with van der Waals surface area (Å²) in [6.07, 6.45) is 1.61. The Morgan fingerprint density at radius 2 is 1.92 bits per heavy atom. The lowest BCUT2D eigenvalue weighted by atomic mass is 10.1. The summed E-state index contributed by atoms with van der Waals surface area (Å²) in [7, 11) is 1.47. The quantitative estimate of drug-likeness (QED) is 0.473. The fourth-order valence-electron chi connectivity index (χ4n) is 2.20. The number of amides is 1. The summed E-state index contributed by atoms with van der Waals surface area (Å²) in [4.78, 5) is 24.4. The number of carbonyl (C=O) groups excluding carboxylic acids is 2. The van der Waals surface area contributed by atoms with Crippen LogP contribution in [0.3, 0.4) is 0 Å². The van der Waals surface area contributed by atoms with Crippen molar-refractivity contribution in [2.24, 2.45) is 0 Å². The van der Waals surface area contributed by atoms with Gasteiger partial charge in [-0.15, -0.1) is 0 Å². The first-order valence-corrected chi connectivity index (χ1v) is 8.61. The number of carbonyl (C=O) groups is 2. The van der Waals surface area contributed by atoms with Crippen LogP contribution in [-0.2, 0) is 4.79 Å². The Kier molecular flexibility index (Phi) is 5.29. The van der Waals surface area contributed by atoms with Crippen LogP contribution < -0.4 is 14.8 Å². The van der Waals surface area contributed by atoms with Crippen molar-refractivity contribution in [3.05, 3.63) is 63.5 Å². The lowest BCUT2D eigenvalue weighted by Gasteiger charge is -2.10. The summed E-state index contributed by atoms with van der Waals surface area (Å²) in [6, 6.07) is 11.3. The van der Waals surface area contributed by atoms with Crippen molar-refractivity contribution in [1.29, 1.82) is 5.41 Å². The zero-order chi connectivity index (χ0) is 18.7. The SMILES string of the molecule is COc1ccc(C=C2SC(=N)NC2=O)cc1OC(=O)c1ccc(Cl)cc1. The molecule has 0 saturated carbocycles. The number of amidine groups is 1. The Morgan fingerprint density at radius 3 is 2.54 bits per heavy atom. The lowest BCUT2D eigenvalue weighted by molar-refractivity contribution is -0.115. The fourth-order valence-corrected chi connectivity index (χ4v) is 3.03. The van der Waals surface area contributed by atoms with Crippen molar-refractivity contribution in [3.8, 4) is 11.5 Å². The molecular formula is C18H13ClN2O4S. The second-order valence-corrected chi connectivity index (χ2v) is 6.69. The molecule has 0 unspecified atom stereocenters. The zero-order valence-corrected chi connectivity index (χ0v) is 15.1. The lowest BCUT2D eigenvalue weighted by Crippen LogP contribution is -2.18. The molecule has 0 aliphatic carbocycles. The minimum absolute atomic E-state index is 0.0733. The van der Waals surface area contributed by atoms with E-state index in [0.717, 1.165) is 11.8 Å². The van der Waals surface area contributed by atoms with Gasteiger partial charge in [0.05, 0.1) is 17.6 Å². The van der Waals surface area contributed by atoms with E-state index < -0.39 is 5.97 Å². The molecule has 1 fully saturated rings. The molecule has 2 aromatic rings. The number of hydrogen-bond donors (Lipinski definition) is 2. The monoisotopic (exact) mass is 388 g/mol. The molecule has 0 bridgehead atoms. The maximum absolute atomic E-state index is 12.3. The Bertz CT molecular complexity index is 925. The number of rotatable bonds is 4. The van der Waals surface area contributed by atoms with Crippen molar-refractivity contribution in [2.45, 2.75) is 0 Å². The molecule has 1 saturated heterocycles. The van der Waals surface area contributed by atoms with Gasteiger partial charge in [0.1, 0.15) is 0 Å². The first-order chi connectivity index (χ1) is 12.5. The van der Waals surface area contributed by atoms with E-state index in [9.17, 15) is 9.59 Å². The van der Waals surface area contributed by atoms with Crippen molar-refractivity contribution in [1.82, 2.24) is 5.32 Å². The number of esters is 1. The van der Waals surface area contributed by atoms with Crippen molar-refractivity contribution >= 4 is 46.5 Å². The molecule has 0 spiro atoms. The van der Waals surface area contributed by atoms with Crippen molar-refractivity contribution in [3.63, 3.8) is 0 Å². The van der Waals surface area contributed by atoms with E-state index in [4.69, 9.17) is 26.5 Å². The average Bonchev–Trinajstić information content (AvgIpc) is 2.93. The number of benzene rings is 2. The Hall–Kier alpha value is -2.77. The van der Waals surface area contributed by atoms with Gasteiger partial charge in [0.2, 0.25) is 0 Å². The summed E-state index contributed by atoms with van der Waals surface area (Å²) in [5.74, 6) is -0.291. The van der Waals surface area contributed by atoms with E-state index >= 15 is 0 Å². The minimum Gasteiger partial charge on any atom is -0.493 e. The molecule has 2 N–H and O–H groups in total. The summed E-state index contributed by atoms with van der Waals surface area (Å²) >= 11 is 6.85. The molecule has 26 heavy (non-hydrogen) atoms. The van der Waals surface area contributed by atoms with Crippen LogP contribution in [0.15, 0.2) is 47.4 Å². The molecule has 3 rings (SSSR count). The van der Waals surface area contributed by atoms with Gasteiger partial charge in [0.15, 0.2) is 16.7 Å². The van der Waals surface area contributed by atoms with Gasteiger partial charge < -0.3 is 14.8 Å². The second-order valence-electron chi connectivity index (χ2n) is 5.20. The summed E-state index contributed by atoms with van der Waals surface area (Å²) in [6.45, 7) is 0. The van der Waals surface area contributed by atoms with Crippen molar-refractivity contribution in [2.75, 3.05) is 7.11 Å². The molecular weight excluding hydrogens is 376 g/mol. The van der Waals surface area contributed by atoms with Crippen LogP contribution >= 0.6 is 23.4 Å². The highest BCUT2D eigenvalue weighted by molar-refractivity contribution is 8.18. The number of thioether (sulfide) groups is 1. The molecule has 8 heteroatoms. The van der Waals surface area contributed by atoms with E-state index in [-0.39, 0.29) is 16.8 Å². The van der Waals surface area contributed by atoms with Crippen LogP contribution in [0.4, 0.5) is 0 Å². The molecule has 6 nitrogen and oxygen atoms in total. The molecule has 132 valence electrons. The number of halogens is 1. The standard InChI is InChI=1S/C18H13ClN2O4S/c1-24-13-7-2-10(9-15-16(22)21-18(20)26-15)8-14(13)25-17(23)11-3-5-12(19)6-4-11/h2-9H,1H3,(H2,20,21,22). The number of methoxy groups -OCH3 is 1. The second kappa shape index (κ2) is 7.63. The van der Waals surface area contributed by atoms with Crippen LogP contribution in [0.1, 0.15) is 15.9 Å². The molecule has 0 radical (unpaired) electrons. The first kappa shape index (κ1) is 18.0. The van der Waals surface area contributed by atoms with Crippen LogP contribution in [0.25, 0.3) is 6.08 Å². The first-order valence-electron chi connectivity index (χ1n) is 7.41. The molecule has 1 amide bonds. The van der Waals surface area contributed by atoms with Crippen LogP contribution in [0.5, 0.6) is 11.5 Å². The van der Waals surface area contributed by atoms with E-state index in [1.165, 1.54) is 7.11 Å². The highest BCUT2D eigenvalue weighted by Gasteiger charge is 2.22. The summed E-state index contributed by atoms with van der Waals surface area (Å²) in [5, 5.41) is 10.5. The molecule has 2 aromatic carbocycles. The number of hydrogen-bond acceptors (Lipinski definition) is 6. The predicted octanol–water partition coefficient (Wildman–Crippen LogP) is 3.71. The topological polar surface area (TPSA) is 88.5 Å². The highest BCUT2D eigenvalue weighted by Crippen LogP contribution is 2.32. The molecule has 0 atom stereocenters. The number of ether oxygens (including phenoxy) is 2. The predicted molar refractivity (Wildman–Crippen MR) is 101 cm³/mol. The molecule has 0 aromatic heterocycles. The van der Waals surface area contributed by atoms with Crippen LogP contribution in [-0.4, -0.2) is 24.2 Å². The van der Waals surface area contributed by atoms with Crippen molar-refractivity contribution < 1.29 is 19.1 Å². The van der Waals surface area contributed by atoms with Gasteiger partial charge in [-0.05, 0) is 59.8 Å². The largest absolute Gasteiger partial charge is 0.493 e. The number of nitrogens with one attached hydrogen (secondary N) is 2. The normalized spacial score (nSPS) is 15.1. The smallest absolute Gasteiger partial charge is 0.343 e. The zero-order valence-electron chi connectivity index (χ0n) is 13.5. The Morgan fingerprint density at radius 1 is 1.19 bits per heavy atom. The third-order valence-electron chi connectivity index (χ3n) is 3.43. The highest BCUT2D eigenvalue weighted by atomic mass is 35.5. The summed E-state index contributed by atoms with van der Waals surface area (Å²) in [5.41, 5.74) is 0.983. The van der Waals surface area contributed by atoms with E-state index in [1.807, 2.05) is 0 Å². The maximum Gasteiger partial charge on any atom is 0.343 e. The third-order valence-corrected chi connectivity index (χ3v) is 4.51. The minimum atomic E-state index is -0.556. The Labute approximate surface area is 158 Å². The van der Waals surface area contributed by atoms with E-state index in [1.54, 1.807) is 48.5 Å². The van der Waals surface area contributed by atoms with Crippen LogP contribution in [0.2, 0.25) is 5.02 Å². The summed E-state index contributed by atoms with van der Waals surface area (Å²) < 4.78 is 10.7. The Balaban J connectivity index is 1.87. The maximum atomic E-state index is 12.3. The third kappa shape index (κ3) is 4.07. The van der Waals surface area contributed by atoms with Gasteiger partial charge in [-0.1, -0.05) is 17.7 Å². The van der Waals surface area contributed by atoms with Gasteiger partial charge in [-0.3, -0.25) is 10.2 Å². The fraction of sp³-hybridized carbons (Fsp3) is 0.0556. The van der Waals surface area contributed by atoms with Crippen LogP contribution in [0, 0.1) is 5.41 Å². The molecule has 1 aliphatic rings. The van der Waals surface area contributed by atoms with Gasteiger partial charge in [0, 0.05) is 5.02 Å². The molecule has 1 aliphatic heterocycles. The van der Waals surface area contributed by atoms with E-state index in [2.05, 4.69) is 5.32 Å². The van der Waals surface area contributed by atoms with Gasteiger partial charge in [-0.2, -0.15) is 0 Å². The molecule has 1 heterocycles. The van der Waals surface area contributed by atoms with E-state index in [0.29, 0.717) is 26.8 Å².